The first-order valence-corrected chi connectivity index (χ1v) is 6.21. The maximum absolute atomic E-state index is 12.3. The molecule has 1 heterocycles. The highest BCUT2D eigenvalue weighted by molar-refractivity contribution is 5.85. The predicted octanol–water partition coefficient (Wildman–Crippen LogP) is 1.81. The first-order valence-electron chi connectivity index (χ1n) is 6.21. The fourth-order valence-electron chi connectivity index (χ4n) is 2.65. The monoisotopic (exact) mass is 246 g/mol. The van der Waals surface area contributed by atoms with Crippen LogP contribution in [0.3, 0.4) is 0 Å². The Morgan fingerprint density at radius 3 is 2.69 bits per heavy atom. The van der Waals surface area contributed by atoms with Gasteiger partial charge in [0.1, 0.15) is 0 Å². The summed E-state index contributed by atoms with van der Waals surface area (Å²) in [5.41, 5.74) is 0.0613. The van der Waals surface area contributed by atoms with Gasteiger partial charge in [-0.15, -0.1) is 12.4 Å². The van der Waals surface area contributed by atoms with Gasteiger partial charge in [0, 0.05) is 31.1 Å². The topological polar surface area (TPSA) is 32.3 Å². The molecule has 0 aromatic carbocycles. The van der Waals surface area contributed by atoms with Crippen LogP contribution in [0.2, 0.25) is 0 Å². The van der Waals surface area contributed by atoms with Crippen molar-refractivity contribution in [1.29, 1.82) is 0 Å². The number of carbonyl (C=O) groups excluding carboxylic acids is 1. The Morgan fingerprint density at radius 2 is 2.19 bits per heavy atom. The van der Waals surface area contributed by atoms with Gasteiger partial charge in [-0.3, -0.25) is 4.79 Å². The molecular weight excluding hydrogens is 224 g/mol. The molecule has 1 N–H and O–H groups in total. The minimum absolute atomic E-state index is 0. The molecule has 16 heavy (non-hydrogen) atoms. The van der Waals surface area contributed by atoms with Gasteiger partial charge in [-0.25, -0.2) is 0 Å². The highest BCUT2D eigenvalue weighted by Crippen LogP contribution is 2.51. The number of hydrogen-bond acceptors (Lipinski definition) is 2. The molecule has 2 aliphatic rings. The molecule has 1 unspecified atom stereocenters. The molecule has 0 aromatic heterocycles. The van der Waals surface area contributed by atoms with Crippen molar-refractivity contribution in [2.75, 3.05) is 19.6 Å². The van der Waals surface area contributed by atoms with E-state index in [4.69, 9.17) is 0 Å². The normalized spacial score (nSPS) is 27.1. The first-order chi connectivity index (χ1) is 7.18. The van der Waals surface area contributed by atoms with Crippen LogP contribution in [0.4, 0.5) is 0 Å². The molecule has 1 amide bonds. The number of nitrogens with one attached hydrogen (secondary N) is 1. The third-order valence-corrected chi connectivity index (χ3v) is 3.69. The summed E-state index contributed by atoms with van der Waals surface area (Å²) in [5, 5.41) is 3.38. The van der Waals surface area contributed by atoms with E-state index in [1.165, 1.54) is 0 Å². The molecule has 1 aliphatic carbocycles. The standard InChI is InChI=1S/C12H22N2O.ClH/c1-3-4-12(5-6-12)11(15)14-8-7-13-10(2)9-14;/h10,13H,3-9H2,1-2H3;1H. The van der Waals surface area contributed by atoms with Crippen molar-refractivity contribution in [2.24, 2.45) is 5.41 Å². The zero-order valence-electron chi connectivity index (χ0n) is 10.3. The largest absolute Gasteiger partial charge is 0.339 e. The number of piperazine rings is 1. The van der Waals surface area contributed by atoms with Crippen molar-refractivity contribution in [1.82, 2.24) is 10.2 Å². The van der Waals surface area contributed by atoms with Crippen molar-refractivity contribution < 1.29 is 4.79 Å². The van der Waals surface area contributed by atoms with E-state index in [0.29, 0.717) is 11.9 Å². The molecule has 3 nitrogen and oxygen atoms in total. The highest BCUT2D eigenvalue weighted by atomic mass is 35.5. The maximum atomic E-state index is 12.3. The third kappa shape index (κ3) is 2.69. The molecule has 1 saturated carbocycles. The number of amides is 1. The summed E-state index contributed by atoms with van der Waals surface area (Å²) in [4.78, 5) is 14.4. The molecule has 0 spiro atoms. The average Bonchev–Trinajstić information content (AvgIpc) is 2.98. The molecule has 0 aromatic rings. The fourth-order valence-corrected chi connectivity index (χ4v) is 2.65. The van der Waals surface area contributed by atoms with Crippen LogP contribution in [-0.2, 0) is 4.79 Å². The minimum Gasteiger partial charge on any atom is -0.339 e. The van der Waals surface area contributed by atoms with E-state index in [1.807, 2.05) is 0 Å². The van der Waals surface area contributed by atoms with Gasteiger partial charge in [-0.05, 0) is 26.2 Å². The van der Waals surface area contributed by atoms with Crippen LogP contribution in [0, 0.1) is 5.41 Å². The Kier molecular flexibility index (Phi) is 4.62. The van der Waals surface area contributed by atoms with Crippen LogP contribution < -0.4 is 5.32 Å². The lowest BCUT2D eigenvalue weighted by Gasteiger charge is -2.34. The van der Waals surface area contributed by atoms with Crippen LogP contribution >= 0.6 is 12.4 Å². The van der Waals surface area contributed by atoms with E-state index < -0.39 is 0 Å². The second-order valence-electron chi connectivity index (χ2n) is 5.14. The smallest absolute Gasteiger partial charge is 0.228 e. The lowest BCUT2D eigenvalue weighted by molar-refractivity contribution is -0.138. The number of nitrogens with zero attached hydrogens (tertiary/aromatic N) is 1. The number of carbonyl (C=O) groups is 1. The number of hydrogen-bond donors (Lipinski definition) is 1. The second kappa shape index (κ2) is 5.37. The van der Waals surface area contributed by atoms with Gasteiger partial charge < -0.3 is 10.2 Å². The SMILES string of the molecule is CCCC1(C(=O)N2CCNC(C)C2)CC1.Cl. The molecule has 2 fully saturated rings. The summed E-state index contributed by atoms with van der Waals surface area (Å²) in [5.74, 6) is 0.428. The van der Waals surface area contributed by atoms with E-state index in [0.717, 1.165) is 45.3 Å². The van der Waals surface area contributed by atoms with E-state index in [-0.39, 0.29) is 17.8 Å². The summed E-state index contributed by atoms with van der Waals surface area (Å²) in [6, 6.07) is 0.458. The van der Waals surface area contributed by atoms with E-state index in [2.05, 4.69) is 24.1 Å². The Balaban J connectivity index is 0.00000128. The van der Waals surface area contributed by atoms with Gasteiger partial charge in [0.2, 0.25) is 5.91 Å². The van der Waals surface area contributed by atoms with Crippen LogP contribution in [-0.4, -0.2) is 36.5 Å². The quantitative estimate of drug-likeness (QED) is 0.824. The summed E-state index contributed by atoms with van der Waals surface area (Å²) in [6.07, 6.45) is 4.47. The molecular formula is C12H23ClN2O. The van der Waals surface area contributed by atoms with Crippen molar-refractivity contribution >= 4 is 18.3 Å². The second-order valence-corrected chi connectivity index (χ2v) is 5.14. The molecule has 94 valence electrons. The Hall–Kier alpha value is -0.280. The average molecular weight is 247 g/mol. The summed E-state index contributed by atoms with van der Waals surface area (Å²) in [7, 11) is 0. The Labute approximate surface area is 104 Å². The first kappa shape index (κ1) is 13.8. The van der Waals surface area contributed by atoms with E-state index in [1.54, 1.807) is 0 Å². The molecule has 0 bridgehead atoms. The van der Waals surface area contributed by atoms with Crippen molar-refractivity contribution in [3.63, 3.8) is 0 Å². The van der Waals surface area contributed by atoms with Gasteiger partial charge >= 0.3 is 0 Å². The van der Waals surface area contributed by atoms with Crippen LogP contribution in [0.15, 0.2) is 0 Å². The predicted molar refractivity (Wildman–Crippen MR) is 67.9 cm³/mol. The summed E-state index contributed by atoms with van der Waals surface area (Å²) in [6.45, 7) is 7.07. The molecule has 4 heteroatoms. The molecule has 1 saturated heterocycles. The van der Waals surface area contributed by atoms with Gasteiger partial charge in [-0.2, -0.15) is 0 Å². The molecule has 1 atom stereocenters. The third-order valence-electron chi connectivity index (χ3n) is 3.69. The van der Waals surface area contributed by atoms with Gasteiger partial charge in [0.25, 0.3) is 0 Å². The fraction of sp³-hybridized carbons (Fsp3) is 0.917. The molecule has 2 rings (SSSR count). The van der Waals surface area contributed by atoms with Crippen molar-refractivity contribution in [2.45, 2.75) is 45.6 Å². The molecule has 1 aliphatic heterocycles. The van der Waals surface area contributed by atoms with Gasteiger partial charge in [-0.1, -0.05) is 13.3 Å². The van der Waals surface area contributed by atoms with E-state index in [9.17, 15) is 4.79 Å². The van der Waals surface area contributed by atoms with Gasteiger partial charge in [0.05, 0.1) is 0 Å². The maximum Gasteiger partial charge on any atom is 0.228 e. The van der Waals surface area contributed by atoms with Crippen LogP contribution in [0.25, 0.3) is 0 Å². The van der Waals surface area contributed by atoms with Gasteiger partial charge in [0.15, 0.2) is 0 Å². The van der Waals surface area contributed by atoms with Crippen LogP contribution in [0.1, 0.15) is 39.5 Å². The Morgan fingerprint density at radius 1 is 1.50 bits per heavy atom. The lowest BCUT2D eigenvalue weighted by atomic mass is 9.98. The van der Waals surface area contributed by atoms with E-state index >= 15 is 0 Å². The Bertz CT molecular complexity index is 253. The highest BCUT2D eigenvalue weighted by Gasteiger charge is 2.50. The van der Waals surface area contributed by atoms with Crippen molar-refractivity contribution in [3.05, 3.63) is 0 Å². The molecule has 0 radical (unpaired) electrons. The lowest BCUT2D eigenvalue weighted by Crippen LogP contribution is -2.53. The summed E-state index contributed by atoms with van der Waals surface area (Å²) < 4.78 is 0. The van der Waals surface area contributed by atoms with Crippen LogP contribution in [0.5, 0.6) is 0 Å². The zero-order valence-corrected chi connectivity index (χ0v) is 11.1. The zero-order chi connectivity index (χ0) is 10.9. The number of halogens is 1. The van der Waals surface area contributed by atoms with Crippen molar-refractivity contribution in [3.8, 4) is 0 Å². The summed E-state index contributed by atoms with van der Waals surface area (Å²) >= 11 is 0. The minimum atomic E-state index is 0. The number of rotatable bonds is 3.